The predicted molar refractivity (Wildman–Crippen MR) is 169 cm³/mol. The maximum Gasteiger partial charge on any atom is 1.00 e. The van der Waals surface area contributed by atoms with E-state index in [2.05, 4.69) is 22.3 Å². The first-order valence-corrected chi connectivity index (χ1v) is 15.3. The fourth-order valence-electron chi connectivity index (χ4n) is 5.00. The predicted octanol–water partition coefficient (Wildman–Crippen LogP) is 2.68. The Bertz CT molecular complexity index is 1560. The number of carboxylic acid groups (broad SMARTS) is 1. The number of nitrogens with zero attached hydrogens (tertiary/aromatic N) is 1. The van der Waals surface area contributed by atoms with Crippen molar-refractivity contribution in [2.75, 3.05) is 16.9 Å². The minimum atomic E-state index is -1.30. The van der Waals surface area contributed by atoms with Crippen molar-refractivity contribution in [3.63, 3.8) is 0 Å². The van der Waals surface area contributed by atoms with Crippen LogP contribution in [0.4, 0.5) is 5.69 Å². The molecule has 0 bridgehead atoms. The van der Waals surface area contributed by atoms with Crippen molar-refractivity contribution >= 4 is 35.1 Å². The number of hydrogen-bond acceptors (Lipinski definition) is 6. The number of benzene rings is 4. The summed E-state index contributed by atoms with van der Waals surface area (Å²) in [4.78, 5) is 40.0. The monoisotopic (exact) mass is 586 g/mol. The second kappa shape index (κ2) is 16.2. The number of aryl methyl sites for hydroxylation is 1. The fourth-order valence-corrected chi connectivity index (χ4v) is 5.48. The number of para-hydroxylation sites is 1. The molecule has 0 radical (unpaired) electrons. The minimum Gasteiger partial charge on any atom is -0.548 e. The van der Waals surface area contributed by atoms with Crippen molar-refractivity contribution in [3.05, 3.63) is 125 Å². The van der Waals surface area contributed by atoms with Crippen molar-refractivity contribution in [2.24, 2.45) is 0 Å². The number of anilines is 1. The number of thioether (sulfide) groups is 1. The number of rotatable bonds is 13. The second-order valence-electron chi connectivity index (χ2n) is 10.2. The van der Waals surface area contributed by atoms with Gasteiger partial charge in [0.2, 0.25) is 0 Å². The van der Waals surface area contributed by atoms with Gasteiger partial charge in [0.1, 0.15) is 0 Å². The van der Waals surface area contributed by atoms with E-state index in [1.807, 2.05) is 92.0 Å². The quantitative estimate of drug-likeness (QED) is 0.192. The fraction of sp³-hybridized carbons (Fsp3) is 0.229. The van der Waals surface area contributed by atoms with Crippen LogP contribution in [-0.2, 0) is 17.9 Å². The Morgan fingerprint density at radius 2 is 1.47 bits per heavy atom. The average Bonchev–Trinajstić information content (AvgIpc) is 2.99. The van der Waals surface area contributed by atoms with Crippen molar-refractivity contribution in [3.8, 4) is 11.1 Å². The maximum atomic E-state index is 13.5. The SMILES string of the molecule is CSCC[C@H](NC(=O)c1ccc(CN(Cc2ccccc2)c2ccccc2C(C)=O)cc1-c1ccccc1C)C(=O)[O-].[Li+]. The topological polar surface area (TPSA) is 89.5 Å². The Labute approximate surface area is 270 Å². The molecule has 0 saturated carbocycles. The molecule has 0 saturated heterocycles. The van der Waals surface area contributed by atoms with E-state index in [1.54, 1.807) is 13.0 Å². The molecule has 0 aromatic heterocycles. The molecule has 4 aromatic rings. The summed E-state index contributed by atoms with van der Waals surface area (Å²) in [5, 5.41) is 14.4. The van der Waals surface area contributed by atoms with Gasteiger partial charge in [-0.15, -0.1) is 0 Å². The molecule has 8 heteroatoms. The molecule has 1 amide bonds. The Hall–Kier alpha value is -3.76. The van der Waals surface area contributed by atoms with E-state index < -0.39 is 17.9 Å². The van der Waals surface area contributed by atoms with Gasteiger partial charge in [0, 0.05) is 29.9 Å². The van der Waals surface area contributed by atoms with Gasteiger partial charge in [0.15, 0.2) is 5.78 Å². The molecule has 0 aliphatic carbocycles. The van der Waals surface area contributed by atoms with Gasteiger partial charge in [-0.2, -0.15) is 11.8 Å². The van der Waals surface area contributed by atoms with E-state index in [-0.39, 0.29) is 31.1 Å². The zero-order valence-electron chi connectivity index (χ0n) is 25.1. The van der Waals surface area contributed by atoms with Gasteiger partial charge >= 0.3 is 18.9 Å². The van der Waals surface area contributed by atoms with Gasteiger partial charge in [-0.25, -0.2) is 0 Å². The Morgan fingerprint density at radius 1 is 0.814 bits per heavy atom. The van der Waals surface area contributed by atoms with Crippen molar-refractivity contribution in [2.45, 2.75) is 39.4 Å². The van der Waals surface area contributed by atoms with E-state index in [1.165, 1.54) is 11.8 Å². The summed E-state index contributed by atoms with van der Waals surface area (Å²) >= 11 is 1.51. The van der Waals surface area contributed by atoms with Crippen LogP contribution in [-0.4, -0.2) is 35.7 Å². The number of aliphatic carboxylic acids is 1. The van der Waals surface area contributed by atoms with Crippen LogP contribution in [0.1, 0.15) is 50.8 Å². The van der Waals surface area contributed by atoms with Crippen LogP contribution < -0.4 is 34.2 Å². The first-order valence-electron chi connectivity index (χ1n) is 13.9. The third-order valence-corrected chi connectivity index (χ3v) is 7.82. The number of carbonyl (C=O) groups excluding carboxylic acids is 3. The van der Waals surface area contributed by atoms with Crippen molar-refractivity contribution in [1.82, 2.24) is 5.32 Å². The van der Waals surface area contributed by atoms with Gasteiger partial charge in [-0.1, -0.05) is 72.8 Å². The van der Waals surface area contributed by atoms with Gasteiger partial charge in [-0.05, 0) is 84.4 Å². The zero-order valence-corrected chi connectivity index (χ0v) is 25.9. The maximum absolute atomic E-state index is 13.5. The number of nitrogens with one attached hydrogen (secondary N) is 1. The van der Waals surface area contributed by atoms with Crippen LogP contribution in [0.15, 0.2) is 97.1 Å². The third-order valence-electron chi connectivity index (χ3n) is 7.18. The molecule has 0 aliphatic heterocycles. The van der Waals surface area contributed by atoms with E-state index >= 15 is 0 Å². The molecule has 43 heavy (non-hydrogen) atoms. The summed E-state index contributed by atoms with van der Waals surface area (Å²) in [6.07, 6.45) is 2.16. The van der Waals surface area contributed by atoms with Crippen LogP contribution in [0, 0.1) is 6.92 Å². The smallest absolute Gasteiger partial charge is 0.548 e. The summed E-state index contributed by atoms with van der Waals surface area (Å²) in [6.45, 7) is 4.62. The average molecular weight is 587 g/mol. The Balaban J connectivity index is 0.00000506. The summed E-state index contributed by atoms with van der Waals surface area (Å²) in [5.74, 6) is -1.19. The molecule has 1 atom stereocenters. The van der Waals surface area contributed by atoms with Gasteiger partial charge < -0.3 is 20.1 Å². The number of carbonyl (C=O) groups is 3. The van der Waals surface area contributed by atoms with Crippen LogP contribution in [0.3, 0.4) is 0 Å². The molecular formula is C35H35LiN2O4S. The molecule has 4 rings (SSSR count). The molecule has 4 aromatic carbocycles. The van der Waals surface area contributed by atoms with Crippen LogP contribution in [0.5, 0.6) is 0 Å². The second-order valence-corrected chi connectivity index (χ2v) is 11.2. The normalized spacial score (nSPS) is 11.2. The number of Topliss-reactive ketones (excluding diaryl/α,β-unsaturated/α-hetero) is 1. The molecular weight excluding hydrogens is 551 g/mol. The first kappa shape index (κ1) is 33.7. The molecule has 0 unspecified atom stereocenters. The first-order chi connectivity index (χ1) is 20.3. The number of carboxylic acids is 1. The molecule has 0 spiro atoms. The van der Waals surface area contributed by atoms with E-state index in [0.29, 0.717) is 35.5 Å². The van der Waals surface area contributed by atoms with Crippen molar-refractivity contribution in [1.29, 1.82) is 0 Å². The van der Waals surface area contributed by atoms with Crippen LogP contribution >= 0.6 is 11.8 Å². The van der Waals surface area contributed by atoms with Crippen LogP contribution in [0.25, 0.3) is 11.1 Å². The molecule has 1 N–H and O–H groups in total. The summed E-state index contributed by atoms with van der Waals surface area (Å²) in [5.41, 5.74) is 6.50. The van der Waals surface area contributed by atoms with Gasteiger partial charge in [0.25, 0.3) is 5.91 Å². The molecule has 0 fully saturated rings. The van der Waals surface area contributed by atoms with E-state index in [9.17, 15) is 19.5 Å². The summed E-state index contributed by atoms with van der Waals surface area (Å²) < 4.78 is 0. The number of hydrogen-bond donors (Lipinski definition) is 1. The van der Waals surface area contributed by atoms with Crippen molar-refractivity contribution < 1.29 is 38.4 Å². The summed E-state index contributed by atoms with van der Waals surface area (Å²) in [6, 6.07) is 30.0. The molecule has 0 aliphatic rings. The zero-order chi connectivity index (χ0) is 30.1. The van der Waals surface area contributed by atoms with E-state index in [4.69, 9.17) is 0 Å². The number of amides is 1. The largest absolute Gasteiger partial charge is 1.00 e. The van der Waals surface area contributed by atoms with Gasteiger partial charge in [-0.3, -0.25) is 9.59 Å². The Kier molecular flexibility index (Phi) is 12.7. The molecule has 6 nitrogen and oxygen atoms in total. The number of ketones is 1. The molecule has 0 heterocycles. The van der Waals surface area contributed by atoms with E-state index in [0.717, 1.165) is 27.9 Å². The standard InChI is InChI=1S/C35H36N2O4S.Li/c1-24-11-7-8-14-28(24)31-21-27(17-18-30(31)34(39)36-32(35(40)41)19-20-42-3)23-37(22-26-12-5-4-6-13-26)33-16-10-9-15-29(33)25(2)38;/h4-18,21,32H,19-20,22-23H2,1-3H3,(H,36,39)(H,40,41);/q;+1/p-1/t32-;/m0./s1. The summed E-state index contributed by atoms with van der Waals surface area (Å²) in [7, 11) is 0. The molecule has 216 valence electrons. The van der Waals surface area contributed by atoms with Crippen LogP contribution in [0.2, 0.25) is 0 Å². The van der Waals surface area contributed by atoms with Gasteiger partial charge in [0.05, 0.1) is 12.0 Å². The Morgan fingerprint density at radius 3 is 2.14 bits per heavy atom. The minimum absolute atomic E-state index is 0. The third kappa shape index (κ3) is 8.87.